The van der Waals surface area contributed by atoms with Crippen LogP contribution in [0.5, 0.6) is 0 Å². The SMILES string of the molecule is Cc1cc(Cl)cc(C(CCCC2CCCO2)NN)c1. The summed E-state index contributed by atoms with van der Waals surface area (Å²) in [7, 11) is 0. The van der Waals surface area contributed by atoms with Gasteiger partial charge in [0.1, 0.15) is 0 Å². The Morgan fingerprint density at radius 2 is 2.32 bits per heavy atom. The van der Waals surface area contributed by atoms with Gasteiger partial charge in [-0.15, -0.1) is 0 Å². The molecule has 0 saturated carbocycles. The minimum absolute atomic E-state index is 0.166. The van der Waals surface area contributed by atoms with Crippen molar-refractivity contribution in [2.24, 2.45) is 5.84 Å². The fourth-order valence-corrected chi connectivity index (χ4v) is 3.03. The Balaban J connectivity index is 1.87. The molecule has 2 rings (SSSR count). The van der Waals surface area contributed by atoms with E-state index in [1.54, 1.807) is 0 Å². The summed E-state index contributed by atoms with van der Waals surface area (Å²) in [6, 6.07) is 6.26. The number of nitrogens with one attached hydrogen (secondary N) is 1. The Bertz CT molecular complexity index is 385. The van der Waals surface area contributed by atoms with Crippen LogP contribution in [0.3, 0.4) is 0 Å². The molecule has 0 aliphatic carbocycles. The van der Waals surface area contributed by atoms with Crippen molar-refractivity contribution in [3.8, 4) is 0 Å². The minimum atomic E-state index is 0.166. The van der Waals surface area contributed by atoms with Gasteiger partial charge in [0.2, 0.25) is 0 Å². The molecule has 1 saturated heterocycles. The normalized spacial score (nSPS) is 20.7. The molecule has 0 amide bonds. The number of halogens is 1. The summed E-state index contributed by atoms with van der Waals surface area (Å²) >= 11 is 6.10. The first kappa shape index (κ1) is 14.8. The molecule has 3 nitrogen and oxygen atoms in total. The van der Waals surface area contributed by atoms with Crippen molar-refractivity contribution in [3.05, 3.63) is 34.3 Å². The average molecular weight is 283 g/mol. The molecule has 106 valence electrons. The fourth-order valence-electron chi connectivity index (χ4n) is 2.73. The molecule has 1 heterocycles. The molecule has 1 aromatic carbocycles. The number of benzene rings is 1. The summed E-state index contributed by atoms with van der Waals surface area (Å²) in [5.74, 6) is 5.67. The summed E-state index contributed by atoms with van der Waals surface area (Å²) in [5, 5.41) is 0.773. The summed E-state index contributed by atoms with van der Waals surface area (Å²) in [5.41, 5.74) is 5.23. The predicted molar refractivity (Wildman–Crippen MR) is 79.1 cm³/mol. The van der Waals surface area contributed by atoms with Crippen molar-refractivity contribution >= 4 is 11.6 Å². The van der Waals surface area contributed by atoms with Gasteiger partial charge in [0.25, 0.3) is 0 Å². The molecule has 2 unspecified atom stereocenters. The smallest absolute Gasteiger partial charge is 0.0576 e. The van der Waals surface area contributed by atoms with E-state index in [-0.39, 0.29) is 6.04 Å². The van der Waals surface area contributed by atoms with Gasteiger partial charge >= 0.3 is 0 Å². The lowest BCUT2D eigenvalue weighted by Crippen LogP contribution is -2.28. The summed E-state index contributed by atoms with van der Waals surface area (Å²) in [4.78, 5) is 0. The predicted octanol–water partition coefficient (Wildman–Crippen LogP) is 3.50. The van der Waals surface area contributed by atoms with Gasteiger partial charge in [0, 0.05) is 17.7 Å². The van der Waals surface area contributed by atoms with Gasteiger partial charge in [-0.3, -0.25) is 11.3 Å². The second-order valence-electron chi connectivity index (χ2n) is 5.35. The lowest BCUT2D eigenvalue weighted by molar-refractivity contribution is 0.101. The van der Waals surface area contributed by atoms with Crippen LogP contribution in [0.1, 0.15) is 49.3 Å². The van der Waals surface area contributed by atoms with Gasteiger partial charge in [0.05, 0.1) is 6.10 Å². The van der Waals surface area contributed by atoms with E-state index in [0.29, 0.717) is 6.10 Å². The highest BCUT2D eigenvalue weighted by molar-refractivity contribution is 6.30. The Morgan fingerprint density at radius 3 is 2.95 bits per heavy atom. The molecule has 0 radical (unpaired) electrons. The topological polar surface area (TPSA) is 47.3 Å². The first-order valence-corrected chi connectivity index (χ1v) is 7.41. The van der Waals surface area contributed by atoms with E-state index in [9.17, 15) is 0 Å². The van der Waals surface area contributed by atoms with Crippen LogP contribution in [0.2, 0.25) is 5.02 Å². The van der Waals surface area contributed by atoms with Gasteiger partial charge < -0.3 is 4.74 Å². The van der Waals surface area contributed by atoms with E-state index in [1.807, 2.05) is 12.1 Å². The highest BCUT2D eigenvalue weighted by Crippen LogP contribution is 2.25. The highest BCUT2D eigenvalue weighted by Gasteiger charge is 2.16. The van der Waals surface area contributed by atoms with E-state index in [0.717, 1.165) is 30.9 Å². The number of ether oxygens (including phenoxy) is 1. The maximum absolute atomic E-state index is 6.10. The maximum atomic E-state index is 6.10. The molecule has 1 aliphatic rings. The zero-order valence-electron chi connectivity index (χ0n) is 11.5. The van der Waals surface area contributed by atoms with E-state index in [1.165, 1.54) is 24.0 Å². The summed E-state index contributed by atoms with van der Waals surface area (Å²) in [6.45, 7) is 2.98. The monoisotopic (exact) mass is 282 g/mol. The lowest BCUT2D eigenvalue weighted by atomic mass is 9.98. The third-order valence-electron chi connectivity index (χ3n) is 3.71. The second kappa shape index (κ2) is 7.25. The molecule has 19 heavy (non-hydrogen) atoms. The largest absolute Gasteiger partial charge is 0.378 e. The van der Waals surface area contributed by atoms with Gasteiger partial charge in [0.15, 0.2) is 0 Å². The second-order valence-corrected chi connectivity index (χ2v) is 5.78. The van der Waals surface area contributed by atoms with Crippen LogP contribution in [-0.2, 0) is 4.74 Å². The van der Waals surface area contributed by atoms with Crippen molar-refractivity contribution in [1.82, 2.24) is 5.43 Å². The Kier molecular flexibility index (Phi) is 5.64. The number of hydrazine groups is 1. The van der Waals surface area contributed by atoms with E-state index in [4.69, 9.17) is 22.2 Å². The number of rotatable bonds is 6. The Labute approximate surface area is 120 Å². The average Bonchev–Trinajstić information content (AvgIpc) is 2.86. The fraction of sp³-hybridized carbons (Fsp3) is 0.600. The molecule has 4 heteroatoms. The number of hydrogen-bond acceptors (Lipinski definition) is 3. The standard InChI is InChI=1S/C15H23ClN2O/c1-11-8-12(10-13(16)9-11)15(18-17)6-2-4-14-5-3-7-19-14/h8-10,14-15,18H,2-7,17H2,1H3. The van der Waals surface area contributed by atoms with Crippen LogP contribution in [0.15, 0.2) is 18.2 Å². The van der Waals surface area contributed by atoms with E-state index >= 15 is 0 Å². The maximum Gasteiger partial charge on any atom is 0.0576 e. The number of hydrogen-bond donors (Lipinski definition) is 2. The molecule has 3 N–H and O–H groups in total. The summed E-state index contributed by atoms with van der Waals surface area (Å²) in [6.07, 6.45) is 6.12. The zero-order chi connectivity index (χ0) is 13.7. The van der Waals surface area contributed by atoms with Crippen LogP contribution in [-0.4, -0.2) is 12.7 Å². The lowest BCUT2D eigenvalue weighted by Gasteiger charge is -2.18. The van der Waals surface area contributed by atoms with Gasteiger partial charge in [-0.2, -0.15) is 0 Å². The number of nitrogens with two attached hydrogens (primary N) is 1. The molecular formula is C15H23ClN2O. The van der Waals surface area contributed by atoms with Crippen molar-refractivity contribution in [1.29, 1.82) is 0 Å². The molecule has 0 bridgehead atoms. The van der Waals surface area contributed by atoms with Crippen LogP contribution in [0, 0.1) is 6.92 Å². The van der Waals surface area contributed by atoms with Gasteiger partial charge in [-0.25, -0.2) is 0 Å². The molecule has 1 fully saturated rings. The minimum Gasteiger partial charge on any atom is -0.378 e. The molecule has 0 spiro atoms. The quantitative estimate of drug-likeness (QED) is 0.620. The van der Waals surface area contributed by atoms with Crippen molar-refractivity contribution in [2.75, 3.05) is 6.61 Å². The third kappa shape index (κ3) is 4.46. The van der Waals surface area contributed by atoms with E-state index < -0.39 is 0 Å². The highest BCUT2D eigenvalue weighted by atomic mass is 35.5. The van der Waals surface area contributed by atoms with Crippen LogP contribution < -0.4 is 11.3 Å². The number of aryl methyl sites for hydroxylation is 1. The van der Waals surface area contributed by atoms with Crippen LogP contribution in [0.4, 0.5) is 0 Å². The van der Waals surface area contributed by atoms with Gasteiger partial charge in [-0.1, -0.05) is 17.7 Å². The molecule has 0 aromatic heterocycles. The van der Waals surface area contributed by atoms with Crippen molar-refractivity contribution in [3.63, 3.8) is 0 Å². The molecule has 1 aliphatic heterocycles. The Hall–Kier alpha value is -0.610. The third-order valence-corrected chi connectivity index (χ3v) is 3.93. The van der Waals surface area contributed by atoms with Crippen molar-refractivity contribution in [2.45, 2.75) is 51.2 Å². The van der Waals surface area contributed by atoms with E-state index in [2.05, 4.69) is 18.4 Å². The van der Waals surface area contributed by atoms with Crippen molar-refractivity contribution < 1.29 is 4.74 Å². The molecule has 1 aromatic rings. The first-order chi connectivity index (χ1) is 9.19. The van der Waals surface area contributed by atoms with Gasteiger partial charge in [-0.05, 0) is 62.3 Å². The van der Waals surface area contributed by atoms with Crippen LogP contribution in [0.25, 0.3) is 0 Å². The van der Waals surface area contributed by atoms with Crippen LogP contribution >= 0.6 is 11.6 Å². The Morgan fingerprint density at radius 1 is 1.47 bits per heavy atom. The summed E-state index contributed by atoms with van der Waals surface area (Å²) < 4.78 is 5.64. The first-order valence-electron chi connectivity index (χ1n) is 7.04. The zero-order valence-corrected chi connectivity index (χ0v) is 12.2. The molecule has 2 atom stereocenters. The molecular weight excluding hydrogens is 260 g/mol.